The molecule has 2 aliphatic rings. The predicted octanol–water partition coefficient (Wildman–Crippen LogP) is 13.2. The Morgan fingerprint density at radius 1 is 0.518 bits per heavy atom. The summed E-state index contributed by atoms with van der Waals surface area (Å²) in [6.45, 7) is 8.19. The average Bonchev–Trinajstić information content (AvgIpc) is 2.88. The lowest BCUT2D eigenvalue weighted by Gasteiger charge is -2.47. The Hall–Kier alpha value is -1.90. The number of methoxy groups -OCH3 is 1. The molecule has 500 valence electrons. The number of aliphatic hydroxyl groups is 3. The van der Waals surface area contributed by atoms with Crippen molar-refractivity contribution in [3.05, 3.63) is 12.2 Å². The van der Waals surface area contributed by atoms with E-state index in [1.807, 2.05) is 0 Å². The van der Waals surface area contributed by atoms with E-state index >= 15 is 0 Å². The van der Waals surface area contributed by atoms with Gasteiger partial charge in [0.15, 0.2) is 12.6 Å². The van der Waals surface area contributed by atoms with Gasteiger partial charge in [0.1, 0.15) is 48.4 Å². The maximum atomic E-state index is 13.9. The number of amides is 2. The van der Waals surface area contributed by atoms with Crippen molar-refractivity contribution in [2.75, 3.05) is 33.5 Å². The molecule has 0 aromatic carbocycles. The quantitative estimate of drug-likeness (QED) is 0.0129. The summed E-state index contributed by atoms with van der Waals surface area (Å²) in [5, 5.41) is 39.9. The van der Waals surface area contributed by atoms with E-state index in [0.29, 0.717) is 25.7 Å². The Labute approximate surface area is 515 Å². The molecule has 2 unspecified atom stereocenters. The summed E-state index contributed by atoms with van der Waals surface area (Å²) in [5.41, 5.74) is 0. The number of hydrogen-bond acceptors (Lipinski definition) is 14. The maximum Gasteiger partial charge on any atom is 0.472 e. The molecule has 0 aromatic rings. The summed E-state index contributed by atoms with van der Waals surface area (Å²) < 4.78 is 55.4. The molecule has 2 saturated heterocycles. The summed E-state index contributed by atoms with van der Waals surface area (Å²) in [5.74, 6) is -1.34. The van der Waals surface area contributed by atoms with Crippen LogP contribution in [0.3, 0.4) is 0 Å². The number of aliphatic hydroxyl groups excluding tert-OH is 3. The molecule has 7 N–H and O–H groups in total. The highest BCUT2D eigenvalue weighted by atomic mass is 31.2. The number of carbonyl (C=O) groups excluding carboxylic acids is 3. The number of ether oxygens (including phenoxy) is 6. The molecule has 85 heavy (non-hydrogen) atoms. The van der Waals surface area contributed by atoms with Crippen LogP contribution in [-0.4, -0.2) is 144 Å². The molecule has 0 aromatic heterocycles. The molecule has 2 heterocycles. The van der Waals surface area contributed by atoms with Crippen molar-refractivity contribution in [1.29, 1.82) is 0 Å². The van der Waals surface area contributed by atoms with E-state index in [2.05, 4.69) is 50.5 Å². The van der Waals surface area contributed by atoms with E-state index in [-0.39, 0.29) is 56.9 Å². The third-order valence-electron chi connectivity index (χ3n) is 16.7. The first-order valence-electron chi connectivity index (χ1n) is 34.4. The molecule has 0 saturated carbocycles. The zero-order valence-corrected chi connectivity index (χ0v) is 54.9. The summed E-state index contributed by atoms with van der Waals surface area (Å²) in [6, 6.07) is -2.57. The molecular formula is C66H125N2O16P. The summed E-state index contributed by atoms with van der Waals surface area (Å²) >= 11 is 0. The van der Waals surface area contributed by atoms with E-state index in [0.717, 1.165) is 135 Å². The van der Waals surface area contributed by atoms with Gasteiger partial charge in [-0.15, -0.1) is 0 Å². The van der Waals surface area contributed by atoms with Crippen LogP contribution in [0.1, 0.15) is 291 Å². The molecule has 0 aliphatic carbocycles. The number of carbonyl (C=O) groups is 3. The van der Waals surface area contributed by atoms with Crippen molar-refractivity contribution >= 4 is 25.4 Å². The van der Waals surface area contributed by atoms with Crippen molar-refractivity contribution in [2.45, 2.75) is 358 Å². The van der Waals surface area contributed by atoms with E-state index in [1.165, 1.54) is 77.0 Å². The molecule has 0 spiro atoms. The molecule has 2 amide bonds. The number of phosphoric acid groups is 1. The zero-order valence-electron chi connectivity index (χ0n) is 54.0. The van der Waals surface area contributed by atoms with Crippen LogP contribution in [0.4, 0.5) is 0 Å². The maximum absolute atomic E-state index is 13.9. The fourth-order valence-electron chi connectivity index (χ4n) is 11.5. The minimum atomic E-state index is -5.34. The van der Waals surface area contributed by atoms with Gasteiger partial charge in [0.2, 0.25) is 11.8 Å². The monoisotopic (exact) mass is 1230 g/mol. The highest BCUT2D eigenvalue weighted by Gasteiger charge is 2.51. The van der Waals surface area contributed by atoms with Gasteiger partial charge in [-0.3, -0.25) is 18.9 Å². The van der Waals surface area contributed by atoms with Gasteiger partial charge in [0.05, 0.1) is 25.2 Å². The molecule has 0 bridgehead atoms. The van der Waals surface area contributed by atoms with E-state index in [1.54, 1.807) is 7.11 Å². The number of hydrogen-bond donors (Lipinski definition) is 7. The van der Waals surface area contributed by atoms with Gasteiger partial charge < -0.3 is 64.2 Å². The van der Waals surface area contributed by atoms with Crippen molar-refractivity contribution in [3.8, 4) is 0 Å². The lowest BCUT2D eigenvalue weighted by Crippen LogP contribution is -2.67. The second-order valence-electron chi connectivity index (χ2n) is 24.3. The predicted molar refractivity (Wildman–Crippen MR) is 336 cm³/mol. The Morgan fingerprint density at radius 3 is 1.48 bits per heavy atom. The molecule has 2 rings (SSSR count). The normalized spacial score (nSPS) is 23.2. The first kappa shape index (κ1) is 79.2. The fraction of sp³-hybridized carbons (Fsp3) is 0.924. The van der Waals surface area contributed by atoms with E-state index in [4.69, 9.17) is 32.9 Å². The number of phosphoric ester groups is 1. The van der Waals surface area contributed by atoms with Gasteiger partial charge >= 0.3 is 7.82 Å². The number of nitrogens with one attached hydrogen (secondary N) is 2. The number of rotatable bonds is 57. The van der Waals surface area contributed by atoms with Crippen LogP contribution in [0.2, 0.25) is 0 Å². The number of allylic oxidation sites excluding steroid dienone is 2. The average molecular weight is 1230 g/mol. The minimum absolute atomic E-state index is 0.00564. The van der Waals surface area contributed by atoms with Crippen LogP contribution < -0.4 is 10.6 Å². The summed E-state index contributed by atoms with van der Waals surface area (Å²) in [6.07, 6.45) is 32.4. The SMILES string of the molecule is CCCCCCC=CCCCCCCCCCC(=O)NC1[C@H](OCC2O[C@H](OP(=O)(O)O)[C@H](NC(=O)CC(=O)CCCCCCCCCCC)[C@@H](OCCCCCCCCCC)[C@@H]2O)O[C@H](CCO)[C@@H](O)[C@@H]1OCC[C@@H](CCCCCCC)OC. The Balaban J connectivity index is 2.33. The smallest absolute Gasteiger partial charge is 0.396 e. The summed E-state index contributed by atoms with van der Waals surface area (Å²) in [7, 11) is -3.67. The van der Waals surface area contributed by atoms with Crippen molar-refractivity contribution in [2.24, 2.45) is 0 Å². The Morgan fingerprint density at radius 2 is 0.953 bits per heavy atom. The molecule has 11 atom stereocenters. The van der Waals surface area contributed by atoms with Crippen LogP contribution in [0.25, 0.3) is 0 Å². The van der Waals surface area contributed by atoms with Gasteiger partial charge in [-0.05, 0) is 64.2 Å². The first-order valence-corrected chi connectivity index (χ1v) is 35.9. The Kier molecular flexibility index (Phi) is 48.3. The van der Waals surface area contributed by atoms with E-state index < -0.39 is 88.0 Å². The highest BCUT2D eigenvalue weighted by molar-refractivity contribution is 7.46. The Bertz CT molecular complexity index is 1710. The first-order chi connectivity index (χ1) is 41.2. The molecular weight excluding hydrogens is 1110 g/mol. The highest BCUT2D eigenvalue weighted by Crippen LogP contribution is 2.41. The van der Waals surface area contributed by atoms with Crippen LogP contribution in [0, 0.1) is 0 Å². The van der Waals surface area contributed by atoms with Crippen LogP contribution in [-0.2, 0) is 51.9 Å². The van der Waals surface area contributed by atoms with Crippen molar-refractivity contribution in [3.63, 3.8) is 0 Å². The van der Waals surface area contributed by atoms with Crippen LogP contribution >= 0.6 is 7.82 Å². The fourth-order valence-corrected chi connectivity index (χ4v) is 11.9. The third kappa shape index (κ3) is 38.4. The van der Waals surface area contributed by atoms with Crippen molar-refractivity contribution < 1.29 is 77.0 Å². The largest absolute Gasteiger partial charge is 0.472 e. The third-order valence-corrected chi connectivity index (χ3v) is 17.2. The molecule has 18 nitrogen and oxygen atoms in total. The van der Waals surface area contributed by atoms with Crippen LogP contribution in [0.15, 0.2) is 12.2 Å². The topological polar surface area (TPSA) is 258 Å². The standard InChI is InChI=1S/C66H125N2O16P/c1-6-10-14-18-21-24-25-26-27-28-29-31-33-37-41-45-57(71)67-59-63(80-50-47-54(78-5)44-40-35-17-13-9-4)61(73)55(46-48-69)82-65(59)81-52-56-62(74)64(79-49-42-38-34-23-20-16-12-8-3)60(66(83-56)84-85(75,76)77)68-58(72)51-53(70)43-39-36-32-30-22-19-15-11-7-2/h24-25,54-56,59-66,69,73-74H,6-23,26-52H2,1-5H3,(H,67,71)(H,68,72)(H2,75,76,77)/t54-,55-,56?,59?,60-,61-,62-,63-,64-,65-,66-/m1/s1. The minimum Gasteiger partial charge on any atom is -0.396 e. The van der Waals surface area contributed by atoms with Crippen LogP contribution in [0.5, 0.6) is 0 Å². The molecule has 2 fully saturated rings. The second kappa shape index (κ2) is 51.8. The summed E-state index contributed by atoms with van der Waals surface area (Å²) in [4.78, 5) is 61.1. The van der Waals surface area contributed by atoms with Gasteiger partial charge in [0, 0.05) is 39.8 Å². The number of unbranched alkanes of at least 4 members (excludes halogenated alkanes) is 30. The number of Topliss-reactive ketones (excluding diaryl/α,β-unsaturated/α-hetero) is 1. The molecule has 2 aliphatic heterocycles. The second-order valence-corrected chi connectivity index (χ2v) is 25.5. The lowest BCUT2D eigenvalue weighted by atomic mass is 9.94. The van der Waals surface area contributed by atoms with E-state index in [9.17, 15) is 44.1 Å². The number of ketones is 1. The lowest BCUT2D eigenvalue weighted by molar-refractivity contribution is -0.300. The van der Waals surface area contributed by atoms with Gasteiger partial charge in [-0.25, -0.2) is 4.57 Å². The molecule has 0 radical (unpaired) electrons. The van der Waals surface area contributed by atoms with Crippen molar-refractivity contribution in [1.82, 2.24) is 10.6 Å². The van der Waals surface area contributed by atoms with Gasteiger partial charge in [-0.1, -0.05) is 220 Å². The zero-order chi connectivity index (χ0) is 62.2. The van der Waals surface area contributed by atoms with Gasteiger partial charge in [0.25, 0.3) is 0 Å². The molecule has 19 heteroatoms. The van der Waals surface area contributed by atoms with Gasteiger partial charge in [-0.2, -0.15) is 0 Å².